The van der Waals surface area contributed by atoms with Crippen molar-refractivity contribution in [2.75, 3.05) is 25.5 Å². The second kappa shape index (κ2) is 6.39. The Balaban J connectivity index is 2.44. The molecule has 0 aliphatic carbocycles. The van der Waals surface area contributed by atoms with Gasteiger partial charge in [-0.2, -0.15) is 0 Å². The summed E-state index contributed by atoms with van der Waals surface area (Å²) in [6.07, 6.45) is 1.54. The molecule has 0 aromatic carbocycles. The number of anilines is 1. The molecule has 0 bridgehead atoms. The van der Waals surface area contributed by atoms with Crippen molar-refractivity contribution in [2.45, 2.75) is 27.7 Å². The first kappa shape index (κ1) is 15.7. The number of hydrogen-bond acceptors (Lipinski definition) is 5. The zero-order chi connectivity index (χ0) is 15.6. The molecular formula is C15H22N4OS. The Bertz CT molecular complexity index is 650. The second-order valence-electron chi connectivity index (χ2n) is 5.57. The van der Waals surface area contributed by atoms with Gasteiger partial charge in [-0.15, -0.1) is 11.3 Å². The van der Waals surface area contributed by atoms with Gasteiger partial charge in [-0.1, -0.05) is 13.8 Å². The topological polar surface area (TPSA) is 58.1 Å². The van der Waals surface area contributed by atoms with Crippen LogP contribution in [0.15, 0.2) is 6.33 Å². The number of amides is 1. The summed E-state index contributed by atoms with van der Waals surface area (Å²) in [5, 5.41) is 4.20. The van der Waals surface area contributed by atoms with Crippen LogP contribution >= 0.6 is 11.3 Å². The smallest absolute Gasteiger partial charge is 0.264 e. The van der Waals surface area contributed by atoms with Gasteiger partial charge in [-0.25, -0.2) is 9.97 Å². The largest absolute Gasteiger partial charge is 0.370 e. The van der Waals surface area contributed by atoms with E-state index in [1.807, 2.05) is 20.9 Å². The lowest BCUT2D eigenvalue weighted by Crippen LogP contribution is -2.30. The molecule has 1 N–H and O–H groups in total. The van der Waals surface area contributed by atoms with Gasteiger partial charge in [-0.05, 0) is 25.3 Å². The van der Waals surface area contributed by atoms with Crippen LogP contribution in [0.2, 0.25) is 0 Å². The van der Waals surface area contributed by atoms with Crippen LogP contribution in [0.3, 0.4) is 0 Å². The van der Waals surface area contributed by atoms with Crippen LogP contribution in [0.25, 0.3) is 10.2 Å². The molecule has 2 aromatic rings. The van der Waals surface area contributed by atoms with Crippen LogP contribution in [0.4, 0.5) is 5.82 Å². The maximum absolute atomic E-state index is 12.6. The third kappa shape index (κ3) is 3.15. The minimum Gasteiger partial charge on any atom is -0.370 e. The number of fused-ring (bicyclic) bond motifs is 1. The summed E-state index contributed by atoms with van der Waals surface area (Å²) < 4.78 is 0. The molecule has 0 saturated carbocycles. The first-order valence-electron chi connectivity index (χ1n) is 7.19. The van der Waals surface area contributed by atoms with Gasteiger partial charge in [0.25, 0.3) is 5.91 Å². The number of rotatable bonds is 5. The van der Waals surface area contributed by atoms with Crippen molar-refractivity contribution < 1.29 is 4.79 Å². The van der Waals surface area contributed by atoms with E-state index in [1.54, 1.807) is 11.2 Å². The average Bonchev–Trinajstić information content (AvgIpc) is 2.76. The van der Waals surface area contributed by atoms with Crippen molar-refractivity contribution in [3.8, 4) is 0 Å². The quantitative estimate of drug-likeness (QED) is 0.922. The van der Waals surface area contributed by atoms with Crippen LogP contribution in [-0.2, 0) is 0 Å². The minimum absolute atomic E-state index is 0.0617. The normalized spacial score (nSPS) is 11.1. The summed E-state index contributed by atoms with van der Waals surface area (Å²) in [4.78, 5) is 24.6. The SMILES string of the molecule is CCNc1ncnc2sc(C(=O)N(C)CC(C)C)c(C)c12. The van der Waals surface area contributed by atoms with Gasteiger partial charge in [0, 0.05) is 20.1 Å². The van der Waals surface area contributed by atoms with E-state index < -0.39 is 0 Å². The molecule has 21 heavy (non-hydrogen) atoms. The molecule has 0 radical (unpaired) electrons. The number of nitrogens with zero attached hydrogens (tertiary/aromatic N) is 3. The highest BCUT2D eigenvalue weighted by atomic mass is 32.1. The summed E-state index contributed by atoms with van der Waals surface area (Å²) in [5.74, 6) is 1.32. The van der Waals surface area contributed by atoms with E-state index in [2.05, 4.69) is 29.1 Å². The number of aryl methyl sites for hydroxylation is 1. The van der Waals surface area contributed by atoms with Gasteiger partial charge >= 0.3 is 0 Å². The lowest BCUT2D eigenvalue weighted by Gasteiger charge is -2.18. The first-order valence-corrected chi connectivity index (χ1v) is 8.00. The van der Waals surface area contributed by atoms with E-state index in [9.17, 15) is 4.79 Å². The van der Waals surface area contributed by atoms with Gasteiger partial charge in [0.1, 0.15) is 17.0 Å². The van der Waals surface area contributed by atoms with Gasteiger partial charge in [-0.3, -0.25) is 4.79 Å². The molecule has 0 atom stereocenters. The Hall–Kier alpha value is -1.69. The third-order valence-corrected chi connectivity index (χ3v) is 4.44. The molecule has 0 spiro atoms. The average molecular weight is 306 g/mol. The van der Waals surface area contributed by atoms with E-state index >= 15 is 0 Å². The maximum Gasteiger partial charge on any atom is 0.264 e. The molecule has 6 heteroatoms. The highest BCUT2D eigenvalue weighted by molar-refractivity contribution is 7.20. The number of thiophene rings is 1. The van der Waals surface area contributed by atoms with Gasteiger partial charge in [0.05, 0.1) is 10.3 Å². The molecule has 2 heterocycles. The minimum atomic E-state index is 0.0617. The predicted molar refractivity (Wildman–Crippen MR) is 88.1 cm³/mol. The van der Waals surface area contributed by atoms with E-state index in [-0.39, 0.29) is 5.91 Å². The molecule has 2 rings (SSSR count). The summed E-state index contributed by atoms with van der Waals surface area (Å²) in [7, 11) is 1.85. The van der Waals surface area contributed by atoms with Crippen molar-refractivity contribution in [3.05, 3.63) is 16.8 Å². The fourth-order valence-corrected chi connectivity index (χ4v) is 3.52. The Kier molecular flexibility index (Phi) is 4.77. The number of nitrogens with one attached hydrogen (secondary N) is 1. The summed E-state index contributed by atoms with van der Waals surface area (Å²) in [6.45, 7) is 9.75. The van der Waals surface area contributed by atoms with E-state index in [1.165, 1.54) is 11.3 Å². The van der Waals surface area contributed by atoms with Gasteiger partial charge in [0.2, 0.25) is 0 Å². The van der Waals surface area contributed by atoms with Crippen molar-refractivity contribution >= 4 is 33.3 Å². The van der Waals surface area contributed by atoms with Gasteiger partial charge < -0.3 is 10.2 Å². The number of carbonyl (C=O) groups excluding carboxylic acids is 1. The molecule has 2 aromatic heterocycles. The lowest BCUT2D eigenvalue weighted by molar-refractivity contribution is 0.0783. The highest BCUT2D eigenvalue weighted by Gasteiger charge is 2.21. The molecule has 0 saturated heterocycles. The van der Waals surface area contributed by atoms with E-state index in [0.29, 0.717) is 5.92 Å². The fraction of sp³-hybridized carbons (Fsp3) is 0.533. The van der Waals surface area contributed by atoms with Crippen molar-refractivity contribution in [1.29, 1.82) is 0 Å². The van der Waals surface area contributed by atoms with Crippen molar-refractivity contribution in [3.63, 3.8) is 0 Å². The summed E-state index contributed by atoms with van der Waals surface area (Å²) in [6, 6.07) is 0. The molecule has 1 amide bonds. The number of aromatic nitrogens is 2. The maximum atomic E-state index is 12.6. The van der Waals surface area contributed by atoms with E-state index in [4.69, 9.17) is 0 Å². The van der Waals surface area contributed by atoms with Crippen LogP contribution in [-0.4, -0.2) is 40.9 Å². The van der Waals surface area contributed by atoms with Crippen molar-refractivity contribution in [1.82, 2.24) is 14.9 Å². The van der Waals surface area contributed by atoms with Crippen LogP contribution < -0.4 is 5.32 Å². The van der Waals surface area contributed by atoms with Gasteiger partial charge in [0.15, 0.2) is 0 Å². The Morgan fingerprint density at radius 2 is 2.14 bits per heavy atom. The zero-order valence-electron chi connectivity index (χ0n) is 13.2. The lowest BCUT2D eigenvalue weighted by atomic mass is 10.1. The van der Waals surface area contributed by atoms with Crippen LogP contribution in [0, 0.1) is 12.8 Å². The summed E-state index contributed by atoms with van der Waals surface area (Å²) in [5.41, 5.74) is 0.965. The number of carbonyl (C=O) groups is 1. The molecule has 0 aliphatic rings. The Labute approximate surface area is 129 Å². The predicted octanol–water partition coefficient (Wildman–Crippen LogP) is 3.16. The molecule has 0 aliphatic heterocycles. The third-order valence-electron chi connectivity index (χ3n) is 3.25. The zero-order valence-corrected chi connectivity index (χ0v) is 14.0. The number of hydrogen-bond donors (Lipinski definition) is 1. The van der Waals surface area contributed by atoms with E-state index in [0.717, 1.165) is 39.6 Å². The summed E-state index contributed by atoms with van der Waals surface area (Å²) >= 11 is 1.45. The fourth-order valence-electron chi connectivity index (χ4n) is 2.38. The van der Waals surface area contributed by atoms with Crippen LogP contribution in [0.1, 0.15) is 36.0 Å². The molecule has 114 valence electrons. The highest BCUT2D eigenvalue weighted by Crippen LogP contribution is 2.33. The second-order valence-corrected chi connectivity index (χ2v) is 6.57. The molecular weight excluding hydrogens is 284 g/mol. The molecule has 0 unspecified atom stereocenters. The Morgan fingerprint density at radius 1 is 1.43 bits per heavy atom. The van der Waals surface area contributed by atoms with Crippen LogP contribution in [0.5, 0.6) is 0 Å². The monoisotopic (exact) mass is 306 g/mol. The molecule has 0 fully saturated rings. The molecule has 5 nitrogen and oxygen atoms in total. The standard InChI is InChI=1S/C15H22N4OS/c1-6-16-13-11-10(4)12(21-14(11)18-8-17-13)15(20)19(5)7-9(2)3/h8-9H,6-7H2,1-5H3,(H,16,17,18). The van der Waals surface area contributed by atoms with Crippen molar-refractivity contribution in [2.24, 2.45) is 5.92 Å². The Morgan fingerprint density at radius 3 is 2.76 bits per heavy atom. The first-order chi connectivity index (χ1) is 9.95.